The number of amides is 1. The molecule has 0 saturated carbocycles. The quantitative estimate of drug-likeness (QED) is 0.714. The molecule has 6 nitrogen and oxygen atoms in total. The average molecular weight is 408 g/mol. The van der Waals surface area contributed by atoms with E-state index in [9.17, 15) is 9.59 Å². The monoisotopic (exact) mass is 407 g/mol. The maximum Gasteiger partial charge on any atom is 0.342 e. The summed E-state index contributed by atoms with van der Waals surface area (Å²) in [7, 11) is 2.96. The number of hydrogen-bond donors (Lipinski definition) is 1. The van der Waals surface area contributed by atoms with Crippen molar-refractivity contribution in [3.05, 3.63) is 58.1 Å². The zero-order valence-corrected chi connectivity index (χ0v) is 15.5. The smallest absolute Gasteiger partial charge is 0.342 e. The molecule has 0 spiro atoms. The fourth-order valence-electron chi connectivity index (χ4n) is 2.06. The summed E-state index contributed by atoms with van der Waals surface area (Å²) in [6.07, 6.45) is 0. The first-order valence-electron chi connectivity index (χ1n) is 7.44. The zero-order chi connectivity index (χ0) is 18.2. The van der Waals surface area contributed by atoms with Crippen LogP contribution in [0.5, 0.6) is 11.5 Å². The molecule has 0 aliphatic heterocycles. The van der Waals surface area contributed by atoms with Gasteiger partial charge >= 0.3 is 5.97 Å². The van der Waals surface area contributed by atoms with E-state index in [0.29, 0.717) is 18.0 Å². The molecular formula is C18H18BrNO5. The first-order chi connectivity index (χ1) is 12.0. The molecule has 2 aromatic carbocycles. The summed E-state index contributed by atoms with van der Waals surface area (Å²) in [6.45, 7) is -0.0396. The van der Waals surface area contributed by atoms with E-state index in [1.165, 1.54) is 20.3 Å². The van der Waals surface area contributed by atoms with E-state index < -0.39 is 11.9 Å². The molecule has 0 aliphatic carbocycles. The van der Waals surface area contributed by atoms with Gasteiger partial charge in [-0.05, 0) is 23.8 Å². The molecule has 0 heterocycles. The van der Waals surface area contributed by atoms with Crippen LogP contribution in [0.15, 0.2) is 46.9 Å². The molecule has 0 unspecified atom stereocenters. The summed E-state index contributed by atoms with van der Waals surface area (Å²) in [5.74, 6) is -0.162. The van der Waals surface area contributed by atoms with Crippen LogP contribution in [-0.4, -0.2) is 32.7 Å². The highest BCUT2D eigenvalue weighted by molar-refractivity contribution is 9.10. The first kappa shape index (κ1) is 18.8. The highest BCUT2D eigenvalue weighted by Gasteiger charge is 2.16. The Morgan fingerprint density at radius 2 is 1.84 bits per heavy atom. The van der Waals surface area contributed by atoms with Crippen molar-refractivity contribution in [2.45, 2.75) is 6.54 Å². The number of ether oxygens (including phenoxy) is 3. The van der Waals surface area contributed by atoms with Crippen molar-refractivity contribution in [2.24, 2.45) is 0 Å². The van der Waals surface area contributed by atoms with E-state index >= 15 is 0 Å². The average Bonchev–Trinajstić information content (AvgIpc) is 2.64. The molecule has 0 saturated heterocycles. The molecule has 132 valence electrons. The molecular weight excluding hydrogens is 390 g/mol. The molecule has 25 heavy (non-hydrogen) atoms. The van der Waals surface area contributed by atoms with E-state index in [2.05, 4.69) is 21.2 Å². The fraction of sp³-hybridized carbons (Fsp3) is 0.222. The topological polar surface area (TPSA) is 73.9 Å². The number of hydrogen-bond acceptors (Lipinski definition) is 5. The molecule has 2 aromatic rings. The molecule has 0 fully saturated rings. The van der Waals surface area contributed by atoms with Crippen LogP contribution in [0.25, 0.3) is 0 Å². The predicted molar refractivity (Wildman–Crippen MR) is 95.8 cm³/mol. The minimum atomic E-state index is -0.643. The second kappa shape index (κ2) is 9.08. The van der Waals surface area contributed by atoms with Gasteiger partial charge in [0, 0.05) is 17.1 Å². The molecule has 0 radical (unpaired) electrons. The van der Waals surface area contributed by atoms with Gasteiger partial charge in [0.2, 0.25) is 0 Å². The molecule has 2 rings (SSSR count). The third kappa shape index (κ3) is 5.22. The Balaban J connectivity index is 1.89. The van der Waals surface area contributed by atoms with E-state index in [1.54, 1.807) is 12.1 Å². The third-order valence-corrected chi connectivity index (χ3v) is 4.17. The van der Waals surface area contributed by atoms with Gasteiger partial charge in [-0.3, -0.25) is 4.79 Å². The van der Waals surface area contributed by atoms with Gasteiger partial charge in [-0.25, -0.2) is 4.79 Å². The predicted octanol–water partition coefficient (Wildman–Crippen LogP) is 2.94. The third-order valence-electron chi connectivity index (χ3n) is 3.40. The number of carbonyl (C=O) groups is 2. The summed E-state index contributed by atoms with van der Waals surface area (Å²) < 4.78 is 16.2. The van der Waals surface area contributed by atoms with Crippen LogP contribution in [0, 0.1) is 0 Å². The number of halogens is 1. The SMILES string of the molecule is COc1ccc(C(=O)OCC(=O)NCc2ccccc2Br)c(OC)c1. The second-order valence-corrected chi connectivity index (χ2v) is 5.86. The van der Waals surface area contributed by atoms with E-state index in [-0.39, 0.29) is 12.2 Å². The van der Waals surface area contributed by atoms with Crippen LogP contribution in [-0.2, 0) is 16.1 Å². The standard InChI is InChI=1S/C18H18BrNO5/c1-23-13-7-8-14(16(9-13)24-2)18(22)25-11-17(21)20-10-12-5-3-4-6-15(12)19/h3-9H,10-11H2,1-2H3,(H,20,21). The Kier molecular flexibility index (Phi) is 6.82. The summed E-state index contributed by atoms with van der Waals surface area (Å²) in [5.41, 5.74) is 1.15. The Morgan fingerprint density at radius 3 is 2.52 bits per heavy atom. The number of methoxy groups -OCH3 is 2. The van der Waals surface area contributed by atoms with Gasteiger partial charge in [0.25, 0.3) is 5.91 Å². The lowest BCUT2D eigenvalue weighted by molar-refractivity contribution is -0.124. The lowest BCUT2D eigenvalue weighted by Gasteiger charge is -2.11. The van der Waals surface area contributed by atoms with Crippen molar-refractivity contribution >= 4 is 27.8 Å². The zero-order valence-electron chi connectivity index (χ0n) is 13.9. The van der Waals surface area contributed by atoms with Crippen LogP contribution in [0.4, 0.5) is 0 Å². The lowest BCUT2D eigenvalue weighted by Crippen LogP contribution is -2.28. The summed E-state index contributed by atoms with van der Waals surface area (Å²) in [4.78, 5) is 24.0. The van der Waals surface area contributed by atoms with Gasteiger partial charge in [-0.1, -0.05) is 34.1 Å². The van der Waals surface area contributed by atoms with E-state index in [0.717, 1.165) is 10.0 Å². The molecule has 7 heteroatoms. The Labute approximate surface area is 154 Å². The van der Waals surface area contributed by atoms with Crippen LogP contribution < -0.4 is 14.8 Å². The van der Waals surface area contributed by atoms with E-state index in [1.807, 2.05) is 24.3 Å². The molecule has 1 N–H and O–H groups in total. The molecule has 0 atom stereocenters. The minimum Gasteiger partial charge on any atom is -0.497 e. The lowest BCUT2D eigenvalue weighted by atomic mass is 10.2. The van der Waals surface area contributed by atoms with Gasteiger partial charge in [0.15, 0.2) is 6.61 Å². The van der Waals surface area contributed by atoms with Crippen molar-refractivity contribution in [2.75, 3.05) is 20.8 Å². The normalized spacial score (nSPS) is 10.0. The van der Waals surface area contributed by atoms with Crippen LogP contribution >= 0.6 is 15.9 Å². The Hall–Kier alpha value is -2.54. The maximum atomic E-state index is 12.1. The molecule has 0 bridgehead atoms. The summed E-state index contributed by atoms with van der Waals surface area (Å²) >= 11 is 3.41. The Morgan fingerprint density at radius 1 is 1.08 bits per heavy atom. The number of carbonyl (C=O) groups excluding carboxylic acids is 2. The van der Waals surface area contributed by atoms with Crippen LogP contribution in [0.2, 0.25) is 0 Å². The molecule has 0 aromatic heterocycles. The van der Waals surface area contributed by atoms with Gasteiger partial charge < -0.3 is 19.5 Å². The van der Waals surface area contributed by atoms with E-state index in [4.69, 9.17) is 14.2 Å². The van der Waals surface area contributed by atoms with Gasteiger partial charge in [-0.2, -0.15) is 0 Å². The highest BCUT2D eigenvalue weighted by atomic mass is 79.9. The fourth-order valence-corrected chi connectivity index (χ4v) is 2.49. The van der Waals surface area contributed by atoms with Gasteiger partial charge in [0.05, 0.1) is 14.2 Å². The van der Waals surface area contributed by atoms with Gasteiger partial charge in [0.1, 0.15) is 17.1 Å². The number of esters is 1. The molecule has 1 amide bonds. The largest absolute Gasteiger partial charge is 0.497 e. The second-order valence-electron chi connectivity index (χ2n) is 5.01. The number of benzene rings is 2. The van der Waals surface area contributed by atoms with Gasteiger partial charge in [-0.15, -0.1) is 0 Å². The number of nitrogens with one attached hydrogen (secondary N) is 1. The number of rotatable bonds is 7. The maximum absolute atomic E-state index is 12.1. The van der Waals surface area contributed by atoms with Crippen LogP contribution in [0.3, 0.4) is 0 Å². The summed E-state index contributed by atoms with van der Waals surface area (Å²) in [6, 6.07) is 12.3. The van der Waals surface area contributed by atoms with Crippen molar-refractivity contribution in [1.82, 2.24) is 5.32 Å². The van der Waals surface area contributed by atoms with Crippen molar-refractivity contribution < 1.29 is 23.8 Å². The van der Waals surface area contributed by atoms with Crippen molar-refractivity contribution in [1.29, 1.82) is 0 Å². The van der Waals surface area contributed by atoms with Crippen molar-refractivity contribution in [3.63, 3.8) is 0 Å². The summed E-state index contributed by atoms with van der Waals surface area (Å²) in [5, 5.41) is 2.70. The molecule has 0 aliphatic rings. The van der Waals surface area contributed by atoms with Crippen molar-refractivity contribution in [3.8, 4) is 11.5 Å². The highest BCUT2D eigenvalue weighted by Crippen LogP contribution is 2.25. The minimum absolute atomic E-state index is 0.224. The van der Waals surface area contributed by atoms with Crippen LogP contribution in [0.1, 0.15) is 15.9 Å². The Bertz CT molecular complexity index is 763. The first-order valence-corrected chi connectivity index (χ1v) is 8.23.